The summed E-state index contributed by atoms with van der Waals surface area (Å²) in [5.74, 6) is 0. The highest BCUT2D eigenvalue weighted by Gasteiger charge is 2.03. The maximum Gasteiger partial charge on any atom is 0.0951 e. The number of rotatable bonds is 1. The zero-order chi connectivity index (χ0) is 10.1. The average molecular weight is 196 g/mol. The first kappa shape index (κ1) is 8.11. The van der Waals surface area contributed by atoms with E-state index in [0.29, 0.717) is 0 Å². The molecular weight excluding hydrogens is 188 g/mol. The van der Waals surface area contributed by atoms with E-state index in [1.54, 1.807) is 17.1 Å². The number of benzene rings is 1. The van der Waals surface area contributed by atoms with Gasteiger partial charge in [-0.05, 0) is 12.1 Å². The Balaban J connectivity index is 2.36. The predicted octanol–water partition coefficient (Wildman–Crippen LogP) is 1.82. The molecule has 3 aromatic rings. The number of aromatic nitrogens is 4. The quantitative estimate of drug-likeness (QED) is 0.596. The van der Waals surface area contributed by atoms with Crippen LogP contribution < -0.4 is 0 Å². The van der Waals surface area contributed by atoms with Gasteiger partial charge in [0.1, 0.15) is 0 Å². The lowest BCUT2D eigenvalue weighted by Gasteiger charge is -2.03. The van der Waals surface area contributed by atoms with E-state index in [0.717, 1.165) is 16.6 Å². The Bertz CT molecular complexity index is 581. The maximum atomic E-state index is 4.19. The molecule has 2 aromatic heterocycles. The van der Waals surface area contributed by atoms with Crippen LogP contribution in [-0.2, 0) is 0 Å². The zero-order valence-electron chi connectivity index (χ0n) is 7.91. The van der Waals surface area contributed by atoms with Gasteiger partial charge in [-0.2, -0.15) is 15.3 Å². The molecule has 0 N–H and O–H groups in total. The van der Waals surface area contributed by atoms with E-state index in [1.165, 1.54) is 0 Å². The van der Waals surface area contributed by atoms with Crippen molar-refractivity contribution in [2.75, 3.05) is 0 Å². The fraction of sp³-hybridized carbons (Fsp3) is 0. The molecule has 4 heteroatoms. The fourth-order valence-electron chi connectivity index (χ4n) is 1.59. The van der Waals surface area contributed by atoms with E-state index in [-0.39, 0.29) is 0 Å². The topological polar surface area (TPSA) is 43.6 Å². The second-order valence-corrected chi connectivity index (χ2v) is 3.20. The van der Waals surface area contributed by atoms with Crippen LogP contribution in [0.1, 0.15) is 0 Å². The van der Waals surface area contributed by atoms with Crippen LogP contribution in [0.15, 0.2) is 48.9 Å². The van der Waals surface area contributed by atoms with Gasteiger partial charge in [0, 0.05) is 17.8 Å². The van der Waals surface area contributed by atoms with E-state index in [9.17, 15) is 0 Å². The third-order valence-electron chi connectivity index (χ3n) is 2.28. The molecule has 72 valence electrons. The average Bonchev–Trinajstić information content (AvgIpc) is 2.82. The number of hydrogen-bond acceptors (Lipinski definition) is 3. The minimum absolute atomic E-state index is 0.880. The molecule has 2 heterocycles. The van der Waals surface area contributed by atoms with E-state index in [2.05, 4.69) is 15.3 Å². The van der Waals surface area contributed by atoms with Gasteiger partial charge >= 0.3 is 0 Å². The van der Waals surface area contributed by atoms with Crippen LogP contribution >= 0.6 is 0 Å². The van der Waals surface area contributed by atoms with Crippen molar-refractivity contribution < 1.29 is 0 Å². The molecule has 0 saturated carbocycles. The van der Waals surface area contributed by atoms with Crippen LogP contribution in [0, 0.1) is 0 Å². The fourth-order valence-corrected chi connectivity index (χ4v) is 1.59. The van der Waals surface area contributed by atoms with Gasteiger partial charge in [-0.15, -0.1) is 0 Å². The highest BCUT2D eigenvalue weighted by atomic mass is 15.3. The summed E-state index contributed by atoms with van der Waals surface area (Å²) in [7, 11) is 0. The van der Waals surface area contributed by atoms with Gasteiger partial charge in [-0.3, -0.25) is 0 Å². The minimum Gasteiger partial charge on any atom is -0.239 e. The van der Waals surface area contributed by atoms with Crippen LogP contribution in [0.25, 0.3) is 16.6 Å². The van der Waals surface area contributed by atoms with Crippen LogP contribution in [0.3, 0.4) is 0 Å². The summed E-state index contributed by atoms with van der Waals surface area (Å²) < 4.78 is 1.79. The van der Waals surface area contributed by atoms with Crippen molar-refractivity contribution >= 4 is 10.9 Å². The van der Waals surface area contributed by atoms with Gasteiger partial charge in [-0.25, -0.2) is 4.68 Å². The molecule has 0 radical (unpaired) electrons. The molecule has 0 saturated heterocycles. The summed E-state index contributed by atoms with van der Waals surface area (Å²) in [4.78, 5) is 0. The summed E-state index contributed by atoms with van der Waals surface area (Å²) in [6.07, 6.45) is 5.36. The SMILES string of the molecule is c1ccc2c(-n3cccn3)cnnc2c1. The smallest absolute Gasteiger partial charge is 0.0951 e. The van der Waals surface area contributed by atoms with Crippen LogP contribution in [-0.4, -0.2) is 20.0 Å². The molecule has 0 unspecified atom stereocenters. The summed E-state index contributed by atoms with van der Waals surface area (Å²) in [6.45, 7) is 0. The molecule has 4 nitrogen and oxygen atoms in total. The number of hydrogen-bond donors (Lipinski definition) is 0. The normalized spacial score (nSPS) is 10.7. The molecule has 0 aliphatic heterocycles. The standard InChI is InChI=1S/C11H8N4/c1-2-5-10-9(4-1)11(8-12-14-10)15-7-3-6-13-15/h1-8H. The second kappa shape index (κ2) is 3.16. The highest BCUT2D eigenvalue weighted by Crippen LogP contribution is 2.17. The Hall–Kier alpha value is -2.23. The summed E-state index contributed by atoms with van der Waals surface area (Å²) in [5, 5.41) is 13.3. The van der Waals surface area contributed by atoms with Gasteiger partial charge in [-0.1, -0.05) is 18.2 Å². The van der Waals surface area contributed by atoms with Gasteiger partial charge in [0.2, 0.25) is 0 Å². The van der Waals surface area contributed by atoms with Gasteiger partial charge < -0.3 is 0 Å². The molecule has 0 atom stereocenters. The first-order valence-corrected chi connectivity index (χ1v) is 4.65. The van der Waals surface area contributed by atoms with Crippen molar-refractivity contribution in [1.29, 1.82) is 0 Å². The lowest BCUT2D eigenvalue weighted by molar-refractivity contribution is 0.873. The molecule has 0 bridgehead atoms. The first-order valence-electron chi connectivity index (χ1n) is 4.65. The van der Waals surface area contributed by atoms with Crippen LogP contribution in [0.5, 0.6) is 0 Å². The van der Waals surface area contributed by atoms with Crippen molar-refractivity contribution in [3.8, 4) is 5.69 Å². The molecule has 1 aromatic carbocycles. The van der Waals surface area contributed by atoms with E-state index < -0.39 is 0 Å². The van der Waals surface area contributed by atoms with Crippen LogP contribution in [0.2, 0.25) is 0 Å². The molecule has 0 aliphatic carbocycles. The summed E-state index contributed by atoms with van der Waals surface area (Å²) >= 11 is 0. The Kier molecular flexibility index (Phi) is 1.71. The molecule has 3 rings (SSSR count). The lowest BCUT2D eigenvalue weighted by atomic mass is 10.2. The molecule has 0 amide bonds. The highest BCUT2D eigenvalue weighted by molar-refractivity contribution is 5.85. The molecule has 0 spiro atoms. The number of fused-ring (bicyclic) bond motifs is 1. The third kappa shape index (κ3) is 1.27. The molecular formula is C11H8N4. The Morgan fingerprint density at radius 1 is 1.07 bits per heavy atom. The zero-order valence-corrected chi connectivity index (χ0v) is 7.91. The van der Waals surface area contributed by atoms with Crippen molar-refractivity contribution in [2.24, 2.45) is 0 Å². The van der Waals surface area contributed by atoms with Gasteiger partial charge in [0.15, 0.2) is 0 Å². The van der Waals surface area contributed by atoms with Crippen molar-refractivity contribution in [2.45, 2.75) is 0 Å². The van der Waals surface area contributed by atoms with Crippen molar-refractivity contribution in [3.05, 3.63) is 48.9 Å². The third-order valence-corrected chi connectivity index (χ3v) is 2.28. The minimum atomic E-state index is 0.880. The summed E-state index contributed by atoms with van der Waals surface area (Å²) in [5.41, 5.74) is 1.83. The summed E-state index contributed by atoms with van der Waals surface area (Å²) in [6, 6.07) is 9.77. The van der Waals surface area contributed by atoms with Gasteiger partial charge in [0.05, 0.1) is 17.4 Å². The Morgan fingerprint density at radius 3 is 2.87 bits per heavy atom. The van der Waals surface area contributed by atoms with E-state index in [1.807, 2.05) is 36.5 Å². The molecule has 0 aliphatic rings. The Morgan fingerprint density at radius 2 is 2.00 bits per heavy atom. The van der Waals surface area contributed by atoms with Crippen molar-refractivity contribution in [3.63, 3.8) is 0 Å². The maximum absolute atomic E-state index is 4.19. The van der Waals surface area contributed by atoms with E-state index >= 15 is 0 Å². The van der Waals surface area contributed by atoms with E-state index in [4.69, 9.17) is 0 Å². The second-order valence-electron chi connectivity index (χ2n) is 3.20. The van der Waals surface area contributed by atoms with Crippen LogP contribution in [0.4, 0.5) is 0 Å². The molecule has 15 heavy (non-hydrogen) atoms. The first-order chi connectivity index (χ1) is 7.45. The number of nitrogens with zero attached hydrogens (tertiary/aromatic N) is 4. The predicted molar refractivity (Wildman–Crippen MR) is 56.7 cm³/mol. The Labute approximate surface area is 86.2 Å². The largest absolute Gasteiger partial charge is 0.239 e. The van der Waals surface area contributed by atoms with Gasteiger partial charge in [0.25, 0.3) is 0 Å². The lowest BCUT2D eigenvalue weighted by Crippen LogP contribution is -1.97. The monoisotopic (exact) mass is 196 g/mol. The molecule has 0 fully saturated rings. The van der Waals surface area contributed by atoms with Crippen molar-refractivity contribution in [1.82, 2.24) is 20.0 Å².